The van der Waals surface area contributed by atoms with Crippen LogP contribution in [-0.2, 0) is 14.8 Å². The molecule has 2 rings (SSSR count). The molecular weight excluding hydrogens is 292 g/mol. The van der Waals surface area contributed by atoms with Crippen molar-refractivity contribution in [3.8, 4) is 5.75 Å². The van der Waals surface area contributed by atoms with Gasteiger partial charge in [-0.2, -0.15) is 0 Å². The van der Waals surface area contributed by atoms with Gasteiger partial charge in [0.15, 0.2) is 0 Å². The fourth-order valence-corrected chi connectivity index (χ4v) is 2.85. The largest absolute Gasteiger partial charge is 0.493 e. The van der Waals surface area contributed by atoms with Gasteiger partial charge in [0.2, 0.25) is 15.9 Å². The summed E-state index contributed by atoms with van der Waals surface area (Å²) >= 11 is 0. The predicted molar refractivity (Wildman–Crippen MR) is 79.8 cm³/mol. The van der Waals surface area contributed by atoms with Gasteiger partial charge in [0, 0.05) is 18.7 Å². The molecule has 6 nitrogen and oxygen atoms in total. The summed E-state index contributed by atoms with van der Waals surface area (Å²) in [5.41, 5.74) is 0.885. The van der Waals surface area contributed by atoms with Gasteiger partial charge in [0.25, 0.3) is 0 Å². The second-order valence-electron chi connectivity index (χ2n) is 4.82. The maximum Gasteiger partial charge on any atom is 0.227 e. The Morgan fingerprint density at radius 1 is 1.33 bits per heavy atom. The molecule has 1 unspecified atom stereocenters. The molecule has 0 aromatic heterocycles. The SMILES string of the molecule is CCS(=O)(=O)NCCNC(=O)C1CCOc2ccccc21. The molecule has 1 atom stereocenters. The number of hydrogen-bond donors (Lipinski definition) is 2. The standard InChI is InChI=1S/C14H20N2O4S/c1-2-21(18,19)16-9-8-15-14(17)12-7-10-20-13-6-4-3-5-11(12)13/h3-6,12,16H,2,7-10H2,1H3,(H,15,17). The second-order valence-corrected chi connectivity index (χ2v) is 6.91. The number of benzene rings is 1. The Kier molecular flexibility index (Phi) is 5.19. The fourth-order valence-electron chi connectivity index (χ4n) is 2.23. The van der Waals surface area contributed by atoms with Crippen molar-refractivity contribution in [2.24, 2.45) is 0 Å². The summed E-state index contributed by atoms with van der Waals surface area (Å²) in [5.74, 6) is 0.448. The number of para-hydroxylation sites is 1. The van der Waals surface area contributed by atoms with Crippen molar-refractivity contribution in [2.45, 2.75) is 19.3 Å². The normalized spacial score (nSPS) is 17.7. The summed E-state index contributed by atoms with van der Waals surface area (Å²) in [4.78, 5) is 12.2. The summed E-state index contributed by atoms with van der Waals surface area (Å²) in [6.45, 7) is 2.56. The average Bonchev–Trinajstić information content (AvgIpc) is 2.51. The molecule has 0 radical (unpaired) electrons. The quantitative estimate of drug-likeness (QED) is 0.754. The molecule has 0 saturated carbocycles. The van der Waals surface area contributed by atoms with Gasteiger partial charge < -0.3 is 10.1 Å². The molecule has 1 aromatic carbocycles. The van der Waals surface area contributed by atoms with E-state index in [9.17, 15) is 13.2 Å². The van der Waals surface area contributed by atoms with E-state index in [2.05, 4.69) is 10.0 Å². The lowest BCUT2D eigenvalue weighted by molar-refractivity contribution is -0.123. The number of sulfonamides is 1. The Hall–Kier alpha value is -1.60. The Bertz CT molecular complexity index is 601. The van der Waals surface area contributed by atoms with E-state index in [1.54, 1.807) is 6.92 Å². The zero-order valence-corrected chi connectivity index (χ0v) is 12.8. The van der Waals surface area contributed by atoms with Gasteiger partial charge in [0.05, 0.1) is 18.3 Å². The van der Waals surface area contributed by atoms with Crippen LogP contribution in [0.25, 0.3) is 0 Å². The molecule has 1 aromatic rings. The fraction of sp³-hybridized carbons (Fsp3) is 0.500. The number of ether oxygens (including phenoxy) is 1. The van der Waals surface area contributed by atoms with Crippen LogP contribution < -0.4 is 14.8 Å². The lowest BCUT2D eigenvalue weighted by Crippen LogP contribution is -2.38. The van der Waals surface area contributed by atoms with Gasteiger partial charge in [-0.05, 0) is 19.4 Å². The monoisotopic (exact) mass is 312 g/mol. The third-order valence-electron chi connectivity index (χ3n) is 3.40. The lowest BCUT2D eigenvalue weighted by Gasteiger charge is -2.25. The number of hydrogen-bond acceptors (Lipinski definition) is 4. The lowest BCUT2D eigenvalue weighted by atomic mass is 9.92. The first-order valence-electron chi connectivity index (χ1n) is 7.00. The highest BCUT2D eigenvalue weighted by Crippen LogP contribution is 2.33. The summed E-state index contributed by atoms with van der Waals surface area (Å²) < 4.78 is 30.5. The van der Waals surface area contributed by atoms with E-state index < -0.39 is 10.0 Å². The number of fused-ring (bicyclic) bond motifs is 1. The van der Waals surface area contributed by atoms with Crippen LogP contribution in [0.2, 0.25) is 0 Å². The van der Waals surface area contributed by atoms with E-state index in [4.69, 9.17) is 4.74 Å². The summed E-state index contributed by atoms with van der Waals surface area (Å²) in [6.07, 6.45) is 0.629. The van der Waals surface area contributed by atoms with Crippen molar-refractivity contribution in [1.29, 1.82) is 0 Å². The molecular formula is C14H20N2O4S. The Labute approximate surface area is 124 Å². The number of amides is 1. The molecule has 2 N–H and O–H groups in total. The number of carbonyl (C=O) groups is 1. The maximum absolute atomic E-state index is 12.2. The minimum absolute atomic E-state index is 0.0360. The van der Waals surface area contributed by atoms with Gasteiger partial charge >= 0.3 is 0 Å². The maximum atomic E-state index is 12.2. The summed E-state index contributed by atoms with van der Waals surface area (Å²) in [7, 11) is -3.21. The van der Waals surface area contributed by atoms with Crippen molar-refractivity contribution in [3.05, 3.63) is 29.8 Å². The van der Waals surface area contributed by atoms with E-state index in [0.29, 0.717) is 13.0 Å². The molecule has 1 aliphatic heterocycles. The molecule has 1 amide bonds. The molecule has 0 fully saturated rings. The Morgan fingerprint density at radius 2 is 2.10 bits per heavy atom. The zero-order valence-electron chi connectivity index (χ0n) is 12.0. The van der Waals surface area contributed by atoms with Crippen LogP contribution in [0.3, 0.4) is 0 Å². The minimum atomic E-state index is -3.21. The van der Waals surface area contributed by atoms with E-state index in [1.165, 1.54) is 0 Å². The van der Waals surface area contributed by atoms with E-state index in [0.717, 1.165) is 11.3 Å². The van der Waals surface area contributed by atoms with Crippen LogP contribution in [0.1, 0.15) is 24.8 Å². The molecule has 0 aliphatic carbocycles. The first kappa shape index (κ1) is 15.8. The molecule has 1 heterocycles. The molecule has 116 valence electrons. The molecule has 21 heavy (non-hydrogen) atoms. The first-order chi connectivity index (χ1) is 10.0. The molecule has 7 heteroatoms. The highest BCUT2D eigenvalue weighted by Gasteiger charge is 2.26. The van der Waals surface area contributed by atoms with E-state index >= 15 is 0 Å². The van der Waals surface area contributed by atoms with Crippen molar-refractivity contribution in [1.82, 2.24) is 10.0 Å². The van der Waals surface area contributed by atoms with E-state index in [1.807, 2.05) is 24.3 Å². The number of carbonyl (C=O) groups excluding carboxylic acids is 1. The zero-order chi connectivity index (χ0) is 15.3. The molecule has 0 saturated heterocycles. The molecule has 0 bridgehead atoms. The van der Waals surface area contributed by atoms with Crippen LogP contribution in [0, 0.1) is 0 Å². The van der Waals surface area contributed by atoms with Crippen molar-refractivity contribution < 1.29 is 17.9 Å². The van der Waals surface area contributed by atoms with Crippen molar-refractivity contribution in [3.63, 3.8) is 0 Å². The van der Waals surface area contributed by atoms with Crippen LogP contribution in [0.4, 0.5) is 0 Å². The van der Waals surface area contributed by atoms with Crippen LogP contribution in [0.15, 0.2) is 24.3 Å². The van der Waals surface area contributed by atoms with Gasteiger partial charge in [-0.1, -0.05) is 18.2 Å². The first-order valence-corrected chi connectivity index (χ1v) is 8.65. The topological polar surface area (TPSA) is 84.5 Å². The Balaban J connectivity index is 1.88. The van der Waals surface area contributed by atoms with Crippen molar-refractivity contribution in [2.75, 3.05) is 25.4 Å². The van der Waals surface area contributed by atoms with Gasteiger partial charge in [-0.25, -0.2) is 13.1 Å². The molecule has 0 spiro atoms. The van der Waals surface area contributed by atoms with Crippen LogP contribution in [-0.4, -0.2) is 39.8 Å². The van der Waals surface area contributed by atoms with E-state index in [-0.39, 0.29) is 30.7 Å². The summed E-state index contributed by atoms with van der Waals surface area (Å²) in [6, 6.07) is 7.49. The highest BCUT2D eigenvalue weighted by molar-refractivity contribution is 7.89. The third kappa shape index (κ3) is 4.18. The highest BCUT2D eigenvalue weighted by atomic mass is 32.2. The molecule has 1 aliphatic rings. The Morgan fingerprint density at radius 3 is 2.86 bits per heavy atom. The number of nitrogens with one attached hydrogen (secondary N) is 2. The minimum Gasteiger partial charge on any atom is -0.493 e. The smallest absolute Gasteiger partial charge is 0.227 e. The average molecular weight is 312 g/mol. The van der Waals surface area contributed by atoms with Crippen molar-refractivity contribution >= 4 is 15.9 Å². The van der Waals surface area contributed by atoms with Gasteiger partial charge in [0.1, 0.15) is 5.75 Å². The third-order valence-corrected chi connectivity index (χ3v) is 4.81. The predicted octanol–water partition coefficient (Wildman–Crippen LogP) is 0.608. The number of rotatable bonds is 6. The second kappa shape index (κ2) is 6.91. The van der Waals surface area contributed by atoms with Gasteiger partial charge in [-0.3, -0.25) is 4.79 Å². The van der Waals surface area contributed by atoms with Crippen LogP contribution in [0.5, 0.6) is 5.75 Å². The van der Waals surface area contributed by atoms with Gasteiger partial charge in [-0.15, -0.1) is 0 Å². The van der Waals surface area contributed by atoms with Crippen LogP contribution >= 0.6 is 0 Å². The summed E-state index contributed by atoms with van der Waals surface area (Å²) in [5, 5.41) is 2.77.